The number of hydrogen-bond donors (Lipinski definition) is 2. The molecular weight excluding hydrogens is 700 g/mol. The van der Waals surface area contributed by atoms with E-state index >= 15 is 0 Å². The summed E-state index contributed by atoms with van der Waals surface area (Å²) in [5, 5.41) is 2.72. The maximum absolute atomic E-state index is 14.1. The summed E-state index contributed by atoms with van der Waals surface area (Å²) in [5.41, 5.74) is 3.46. The van der Waals surface area contributed by atoms with E-state index in [0.29, 0.717) is 55.2 Å². The van der Waals surface area contributed by atoms with Crippen molar-refractivity contribution in [1.29, 1.82) is 0 Å². The van der Waals surface area contributed by atoms with Crippen LogP contribution < -0.4 is 11.1 Å². The van der Waals surface area contributed by atoms with Crippen LogP contribution in [-0.2, 0) is 28.4 Å². The van der Waals surface area contributed by atoms with Gasteiger partial charge in [-0.05, 0) is 84.4 Å². The van der Waals surface area contributed by atoms with Crippen molar-refractivity contribution < 1.29 is 49.4 Å². The molecule has 1 aromatic heterocycles. The molecule has 0 radical (unpaired) electrons. The molecule has 4 aromatic carbocycles. The van der Waals surface area contributed by atoms with E-state index in [1.165, 1.54) is 41.0 Å². The lowest BCUT2D eigenvalue weighted by atomic mass is 10.0. The van der Waals surface area contributed by atoms with E-state index in [1.54, 1.807) is 12.1 Å². The number of carbonyl (C=O) groups excluding carboxylic acids is 1. The normalized spacial score (nSPS) is 11.9. The summed E-state index contributed by atoms with van der Waals surface area (Å²) in [6.45, 7) is 1.76. The van der Waals surface area contributed by atoms with Crippen molar-refractivity contribution in [1.82, 2.24) is 14.9 Å². The first-order valence-electron chi connectivity index (χ1n) is 15.9. The molecule has 0 atom stereocenters. The van der Waals surface area contributed by atoms with Gasteiger partial charge in [-0.3, -0.25) is 4.79 Å². The number of hydrogen-bond acceptors (Lipinski definition) is 5. The summed E-state index contributed by atoms with van der Waals surface area (Å²) in [4.78, 5) is 17.3. The summed E-state index contributed by atoms with van der Waals surface area (Å²) in [6, 6.07) is 17.4. The van der Waals surface area contributed by atoms with Gasteiger partial charge in [0.05, 0.1) is 48.9 Å². The number of nitrogens with zero attached hydrogens (tertiary/aromatic N) is 2. The van der Waals surface area contributed by atoms with Crippen molar-refractivity contribution in [2.75, 3.05) is 39.5 Å². The first-order valence-corrected chi connectivity index (χ1v) is 15.9. The highest BCUT2D eigenvalue weighted by Crippen LogP contribution is 2.42. The lowest BCUT2D eigenvalue weighted by Crippen LogP contribution is -2.27. The number of alkyl halides is 6. The SMILES string of the molecule is NCCOCCOCCNC(=O)c1ccc(Cn2c(-c3cc(C(F)(F)F)cc(C(F)(F)F)c3)nc(-c3ccc(F)cc3)c2-c2ccc(F)cc2)cc1. The summed E-state index contributed by atoms with van der Waals surface area (Å²) >= 11 is 0. The fourth-order valence-corrected chi connectivity index (χ4v) is 5.31. The molecule has 52 heavy (non-hydrogen) atoms. The van der Waals surface area contributed by atoms with Crippen molar-refractivity contribution in [3.05, 3.63) is 125 Å². The van der Waals surface area contributed by atoms with Gasteiger partial charge in [0.25, 0.3) is 5.91 Å². The quantitative estimate of drug-likeness (QED) is 0.0894. The van der Waals surface area contributed by atoms with Gasteiger partial charge >= 0.3 is 12.4 Å². The molecule has 0 bridgehead atoms. The van der Waals surface area contributed by atoms with Crippen LogP contribution in [0.1, 0.15) is 27.0 Å². The Morgan fingerprint density at radius 2 is 1.23 bits per heavy atom. The highest BCUT2D eigenvalue weighted by atomic mass is 19.4. The molecule has 1 heterocycles. The average molecular weight is 733 g/mol. The van der Waals surface area contributed by atoms with E-state index in [-0.39, 0.29) is 48.5 Å². The summed E-state index contributed by atoms with van der Waals surface area (Å²) in [6.07, 6.45) is -10.3. The Bertz CT molecular complexity index is 1930. The molecule has 15 heteroatoms. The number of imidazole rings is 1. The fourth-order valence-electron chi connectivity index (χ4n) is 5.31. The molecule has 0 unspecified atom stereocenters. The van der Waals surface area contributed by atoms with Crippen LogP contribution in [0.25, 0.3) is 33.9 Å². The predicted molar refractivity (Wildman–Crippen MR) is 177 cm³/mol. The molecule has 3 N–H and O–H groups in total. The number of nitrogens with two attached hydrogens (primary N) is 1. The monoisotopic (exact) mass is 732 g/mol. The Balaban J connectivity index is 1.56. The van der Waals surface area contributed by atoms with Crippen LogP contribution in [0.2, 0.25) is 0 Å². The molecule has 0 aliphatic carbocycles. The first kappa shape index (κ1) is 38.1. The maximum Gasteiger partial charge on any atom is 0.416 e. The molecule has 0 aliphatic rings. The van der Waals surface area contributed by atoms with Crippen LogP contribution in [0.4, 0.5) is 35.1 Å². The van der Waals surface area contributed by atoms with Crippen LogP contribution in [0.15, 0.2) is 91.0 Å². The topological polar surface area (TPSA) is 91.4 Å². The predicted octanol–water partition coefficient (Wildman–Crippen LogP) is 7.97. The van der Waals surface area contributed by atoms with Gasteiger partial charge in [-0.25, -0.2) is 13.8 Å². The zero-order chi connectivity index (χ0) is 37.5. The second-order valence-electron chi connectivity index (χ2n) is 11.5. The van der Waals surface area contributed by atoms with Crippen molar-refractivity contribution >= 4 is 5.91 Å². The number of aromatic nitrogens is 2. The van der Waals surface area contributed by atoms with Crippen LogP contribution in [0.5, 0.6) is 0 Å². The highest BCUT2D eigenvalue weighted by Gasteiger charge is 2.38. The molecule has 5 aromatic rings. The Kier molecular flexibility index (Phi) is 12.1. The lowest BCUT2D eigenvalue weighted by molar-refractivity contribution is -0.143. The molecule has 274 valence electrons. The third-order valence-corrected chi connectivity index (χ3v) is 7.77. The van der Waals surface area contributed by atoms with E-state index in [0.717, 1.165) is 24.3 Å². The van der Waals surface area contributed by atoms with Crippen molar-refractivity contribution in [2.45, 2.75) is 18.9 Å². The highest BCUT2D eigenvalue weighted by molar-refractivity contribution is 5.94. The average Bonchev–Trinajstić information content (AvgIpc) is 3.48. The van der Waals surface area contributed by atoms with Gasteiger partial charge in [-0.2, -0.15) is 26.3 Å². The van der Waals surface area contributed by atoms with Gasteiger partial charge in [-0.15, -0.1) is 0 Å². The molecule has 0 saturated heterocycles. The fraction of sp³-hybridized carbons (Fsp3) is 0.243. The van der Waals surface area contributed by atoms with Crippen LogP contribution in [0.3, 0.4) is 0 Å². The lowest BCUT2D eigenvalue weighted by Gasteiger charge is -2.17. The van der Waals surface area contributed by atoms with Crippen molar-refractivity contribution in [2.24, 2.45) is 5.73 Å². The van der Waals surface area contributed by atoms with Gasteiger partial charge in [0.1, 0.15) is 17.5 Å². The van der Waals surface area contributed by atoms with E-state index < -0.39 is 46.6 Å². The van der Waals surface area contributed by atoms with Gasteiger partial charge in [0.15, 0.2) is 0 Å². The Morgan fingerprint density at radius 1 is 0.692 bits per heavy atom. The minimum Gasteiger partial charge on any atom is -0.378 e. The number of carbonyl (C=O) groups is 1. The van der Waals surface area contributed by atoms with E-state index in [2.05, 4.69) is 10.3 Å². The standard InChI is InChI=1S/C37H32F8N4O3/c38-30-9-5-24(6-10-30)32-33(25-7-11-31(39)12-8-25)49(34(48-32)27-19-28(36(40,41)42)21-29(20-27)37(43,44)45)22-23-1-3-26(4-2-23)35(50)47-14-16-52-18-17-51-15-13-46/h1-12,19-21H,13-18,22,46H2,(H,47,50). The minimum absolute atomic E-state index is 0.0201. The van der Waals surface area contributed by atoms with Gasteiger partial charge in [-0.1, -0.05) is 12.1 Å². The number of nitrogens with one attached hydrogen (secondary N) is 1. The summed E-state index contributed by atoms with van der Waals surface area (Å²) in [7, 11) is 0. The number of rotatable bonds is 14. The van der Waals surface area contributed by atoms with Crippen molar-refractivity contribution in [3.63, 3.8) is 0 Å². The molecule has 0 aliphatic heterocycles. The zero-order valence-corrected chi connectivity index (χ0v) is 27.3. The second kappa shape index (κ2) is 16.5. The first-order chi connectivity index (χ1) is 24.7. The molecule has 0 spiro atoms. The molecule has 0 fully saturated rings. The Labute approximate surface area is 293 Å². The largest absolute Gasteiger partial charge is 0.416 e. The van der Waals surface area contributed by atoms with E-state index in [4.69, 9.17) is 15.2 Å². The van der Waals surface area contributed by atoms with E-state index in [1.807, 2.05) is 0 Å². The summed E-state index contributed by atoms with van der Waals surface area (Å²) < 4.78 is 124. The number of halogens is 8. The third-order valence-electron chi connectivity index (χ3n) is 7.77. The minimum atomic E-state index is -5.13. The number of benzene rings is 4. The van der Waals surface area contributed by atoms with Gasteiger partial charge < -0.3 is 25.1 Å². The maximum atomic E-state index is 14.1. The van der Waals surface area contributed by atoms with E-state index in [9.17, 15) is 39.9 Å². The number of amides is 1. The molecule has 1 amide bonds. The second-order valence-corrected chi connectivity index (χ2v) is 11.5. The zero-order valence-electron chi connectivity index (χ0n) is 27.3. The Hall–Kier alpha value is -5.12. The molecule has 0 saturated carbocycles. The smallest absolute Gasteiger partial charge is 0.378 e. The Morgan fingerprint density at radius 3 is 1.77 bits per heavy atom. The summed E-state index contributed by atoms with van der Waals surface area (Å²) in [5.74, 6) is -1.87. The number of ether oxygens (including phenoxy) is 2. The third kappa shape index (κ3) is 9.60. The van der Waals surface area contributed by atoms with Gasteiger partial charge in [0, 0.05) is 41.9 Å². The molecule has 7 nitrogen and oxygen atoms in total. The van der Waals surface area contributed by atoms with Crippen LogP contribution >= 0.6 is 0 Å². The van der Waals surface area contributed by atoms with Crippen molar-refractivity contribution in [3.8, 4) is 33.9 Å². The molecule has 5 rings (SSSR count). The van der Waals surface area contributed by atoms with Gasteiger partial charge in [0.2, 0.25) is 0 Å². The van der Waals surface area contributed by atoms with Crippen LogP contribution in [-0.4, -0.2) is 55.0 Å². The van der Waals surface area contributed by atoms with Crippen LogP contribution in [0, 0.1) is 11.6 Å². The molecular formula is C37H32F8N4O3.